The van der Waals surface area contributed by atoms with E-state index < -0.39 is 0 Å². The van der Waals surface area contributed by atoms with Crippen LogP contribution in [0.15, 0.2) is 48.8 Å². The number of rotatable bonds is 6. The van der Waals surface area contributed by atoms with Crippen LogP contribution in [-0.2, 0) is 11.2 Å². The maximum atomic E-state index is 12.4. The van der Waals surface area contributed by atoms with Gasteiger partial charge in [-0.2, -0.15) is 0 Å². The summed E-state index contributed by atoms with van der Waals surface area (Å²) >= 11 is 0. The van der Waals surface area contributed by atoms with Crippen molar-refractivity contribution in [1.82, 2.24) is 14.8 Å². The van der Waals surface area contributed by atoms with Crippen molar-refractivity contribution in [1.29, 1.82) is 0 Å². The zero-order valence-electron chi connectivity index (χ0n) is 15.6. The number of benzene rings is 1. The van der Waals surface area contributed by atoms with Crippen molar-refractivity contribution < 1.29 is 14.3 Å². The third kappa shape index (κ3) is 5.06. The molecule has 1 aliphatic heterocycles. The molecule has 0 unspecified atom stereocenters. The predicted molar refractivity (Wildman–Crippen MR) is 103 cm³/mol. The van der Waals surface area contributed by atoms with E-state index in [4.69, 9.17) is 4.74 Å². The van der Waals surface area contributed by atoms with Gasteiger partial charge in [0.25, 0.3) is 11.8 Å². The lowest BCUT2D eigenvalue weighted by atomic mass is 10.1. The predicted octanol–water partition coefficient (Wildman–Crippen LogP) is 2.40. The molecule has 0 atom stereocenters. The average molecular weight is 367 g/mol. The van der Waals surface area contributed by atoms with E-state index in [1.807, 2.05) is 24.3 Å². The van der Waals surface area contributed by atoms with Crippen LogP contribution in [0.1, 0.15) is 29.3 Å². The Kier molecular flexibility index (Phi) is 6.41. The van der Waals surface area contributed by atoms with Crippen molar-refractivity contribution in [3.05, 3.63) is 59.9 Å². The number of aromatic nitrogens is 1. The second kappa shape index (κ2) is 9.16. The number of pyridine rings is 1. The van der Waals surface area contributed by atoms with Crippen LogP contribution in [0.25, 0.3) is 0 Å². The molecule has 1 aromatic heterocycles. The normalized spacial score (nSPS) is 14.1. The lowest BCUT2D eigenvalue weighted by Gasteiger charge is -2.34. The van der Waals surface area contributed by atoms with Crippen LogP contribution in [0.5, 0.6) is 5.75 Å². The van der Waals surface area contributed by atoms with Gasteiger partial charge in [-0.3, -0.25) is 14.6 Å². The Hall–Kier alpha value is -2.89. The monoisotopic (exact) mass is 367 g/mol. The fourth-order valence-corrected chi connectivity index (χ4v) is 3.11. The third-order valence-electron chi connectivity index (χ3n) is 4.65. The van der Waals surface area contributed by atoms with E-state index >= 15 is 0 Å². The molecule has 142 valence electrons. The third-order valence-corrected chi connectivity index (χ3v) is 4.65. The zero-order valence-corrected chi connectivity index (χ0v) is 15.6. The van der Waals surface area contributed by atoms with Gasteiger partial charge in [0.2, 0.25) is 0 Å². The molecule has 1 aliphatic rings. The van der Waals surface area contributed by atoms with E-state index in [0.717, 1.165) is 12.8 Å². The van der Waals surface area contributed by atoms with Crippen molar-refractivity contribution in [2.24, 2.45) is 0 Å². The molecule has 0 radical (unpaired) electrons. The van der Waals surface area contributed by atoms with Gasteiger partial charge in [-0.15, -0.1) is 0 Å². The Morgan fingerprint density at radius 2 is 1.74 bits per heavy atom. The Morgan fingerprint density at radius 3 is 2.37 bits per heavy atom. The van der Waals surface area contributed by atoms with Gasteiger partial charge in [0.1, 0.15) is 5.75 Å². The average Bonchev–Trinajstić information content (AvgIpc) is 2.73. The van der Waals surface area contributed by atoms with Gasteiger partial charge in [0.05, 0.1) is 5.56 Å². The number of aryl methyl sites for hydroxylation is 1. The first-order valence-electron chi connectivity index (χ1n) is 9.36. The van der Waals surface area contributed by atoms with Gasteiger partial charge in [-0.1, -0.05) is 25.5 Å². The number of hydrogen-bond donors (Lipinski definition) is 0. The van der Waals surface area contributed by atoms with Gasteiger partial charge >= 0.3 is 0 Å². The molecule has 2 heterocycles. The number of amides is 2. The maximum absolute atomic E-state index is 12.4. The number of nitrogens with zero attached hydrogens (tertiary/aromatic N) is 3. The minimum Gasteiger partial charge on any atom is -0.484 e. The Labute approximate surface area is 159 Å². The number of ether oxygens (including phenoxy) is 1. The van der Waals surface area contributed by atoms with Gasteiger partial charge in [0.15, 0.2) is 6.61 Å². The molecule has 2 aromatic rings. The summed E-state index contributed by atoms with van der Waals surface area (Å²) in [4.78, 5) is 32.3. The van der Waals surface area contributed by atoms with Crippen molar-refractivity contribution in [2.45, 2.75) is 19.8 Å². The lowest BCUT2D eigenvalue weighted by Crippen LogP contribution is -2.51. The highest BCUT2D eigenvalue weighted by Crippen LogP contribution is 2.14. The first-order chi connectivity index (χ1) is 13.2. The first-order valence-corrected chi connectivity index (χ1v) is 9.36. The van der Waals surface area contributed by atoms with Crippen LogP contribution in [-0.4, -0.2) is 59.4 Å². The Morgan fingerprint density at radius 1 is 1.04 bits per heavy atom. The molecule has 0 aliphatic carbocycles. The fraction of sp³-hybridized carbons (Fsp3) is 0.381. The van der Waals surface area contributed by atoms with E-state index in [-0.39, 0.29) is 18.4 Å². The molecular weight excluding hydrogens is 342 g/mol. The van der Waals surface area contributed by atoms with E-state index in [0.29, 0.717) is 37.5 Å². The summed E-state index contributed by atoms with van der Waals surface area (Å²) in [5.41, 5.74) is 1.85. The fourth-order valence-electron chi connectivity index (χ4n) is 3.11. The molecule has 6 nitrogen and oxygen atoms in total. The topological polar surface area (TPSA) is 62.7 Å². The van der Waals surface area contributed by atoms with E-state index in [9.17, 15) is 9.59 Å². The van der Waals surface area contributed by atoms with Gasteiger partial charge in [-0.05, 0) is 36.2 Å². The highest BCUT2D eigenvalue weighted by Gasteiger charge is 2.25. The number of carbonyl (C=O) groups is 2. The second-order valence-electron chi connectivity index (χ2n) is 6.60. The minimum atomic E-state index is -0.0545. The summed E-state index contributed by atoms with van der Waals surface area (Å²) in [7, 11) is 0. The summed E-state index contributed by atoms with van der Waals surface area (Å²) < 4.78 is 5.62. The molecule has 2 amide bonds. The van der Waals surface area contributed by atoms with Crippen LogP contribution in [0, 0.1) is 0 Å². The van der Waals surface area contributed by atoms with Crippen LogP contribution >= 0.6 is 0 Å². The number of carbonyl (C=O) groups excluding carboxylic acids is 2. The van der Waals surface area contributed by atoms with Crippen molar-refractivity contribution >= 4 is 11.8 Å². The summed E-state index contributed by atoms with van der Waals surface area (Å²) in [6, 6.07) is 11.4. The quantitative estimate of drug-likeness (QED) is 0.787. The van der Waals surface area contributed by atoms with Crippen LogP contribution in [0.4, 0.5) is 0 Å². The zero-order chi connectivity index (χ0) is 19.1. The molecule has 1 aromatic carbocycles. The molecule has 1 fully saturated rings. The first kappa shape index (κ1) is 18.9. The lowest BCUT2D eigenvalue weighted by molar-refractivity contribution is -0.134. The molecular formula is C21H25N3O3. The number of piperazine rings is 1. The summed E-state index contributed by atoms with van der Waals surface area (Å²) in [5.74, 6) is 0.605. The molecule has 3 rings (SSSR count). The summed E-state index contributed by atoms with van der Waals surface area (Å²) in [5, 5.41) is 0. The molecule has 0 N–H and O–H groups in total. The van der Waals surface area contributed by atoms with E-state index in [1.165, 1.54) is 5.56 Å². The number of hydrogen-bond acceptors (Lipinski definition) is 4. The second-order valence-corrected chi connectivity index (χ2v) is 6.60. The van der Waals surface area contributed by atoms with Gasteiger partial charge in [-0.25, -0.2) is 0 Å². The SMILES string of the molecule is CCCc1ccc(OCC(=O)N2CCN(C(=O)c3cccnc3)CC2)cc1. The molecule has 6 heteroatoms. The largest absolute Gasteiger partial charge is 0.484 e. The van der Waals surface area contributed by atoms with Crippen LogP contribution in [0.3, 0.4) is 0 Å². The van der Waals surface area contributed by atoms with Crippen LogP contribution < -0.4 is 4.74 Å². The standard InChI is InChI=1S/C21H25N3O3/c1-2-4-17-6-8-19(9-7-17)27-16-20(25)23-11-13-24(14-12-23)21(26)18-5-3-10-22-15-18/h3,5-10,15H,2,4,11-14,16H2,1H3. The van der Waals surface area contributed by atoms with E-state index in [1.54, 1.807) is 34.3 Å². The van der Waals surface area contributed by atoms with Crippen LogP contribution in [0.2, 0.25) is 0 Å². The Balaban J connectivity index is 1.45. The van der Waals surface area contributed by atoms with Crippen molar-refractivity contribution in [2.75, 3.05) is 32.8 Å². The summed E-state index contributed by atoms with van der Waals surface area (Å²) in [6.07, 6.45) is 5.36. The molecule has 27 heavy (non-hydrogen) atoms. The minimum absolute atomic E-state index is 0.0175. The van der Waals surface area contributed by atoms with Gasteiger partial charge < -0.3 is 14.5 Å². The van der Waals surface area contributed by atoms with E-state index in [2.05, 4.69) is 11.9 Å². The molecule has 0 bridgehead atoms. The van der Waals surface area contributed by atoms with Crippen molar-refractivity contribution in [3.63, 3.8) is 0 Å². The smallest absolute Gasteiger partial charge is 0.260 e. The Bertz CT molecular complexity index is 754. The maximum Gasteiger partial charge on any atom is 0.260 e. The van der Waals surface area contributed by atoms with Gasteiger partial charge in [0, 0.05) is 38.6 Å². The molecule has 0 saturated carbocycles. The highest BCUT2D eigenvalue weighted by molar-refractivity contribution is 5.94. The highest BCUT2D eigenvalue weighted by atomic mass is 16.5. The van der Waals surface area contributed by atoms with Crippen molar-refractivity contribution in [3.8, 4) is 5.75 Å². The molecule has 0 spiro atoms. The summed E-state index contributed by atoms with van der Waals surface area (Å²) in [6.45, 7) is 4.24. The molecule has 1 saturated heterocycles.